The van der Waals surface area contributed by atoms with E-state index in [2.05, 4.69) is 17.9 Å². The molecule has 0 aromatic heterocycles. The largest absolute Gasteiger partial charge is 0.325 e. The number of amides is 1. The molecule has 0 saturated heterocycles. The van der Waals surface area contributed by atoms with E-state index in [-0.39, 0.29) is 11.7 Å². The highest BCUT2D eigenvalue weighted by Gasteiger charge is 2.09. The number of halogens is 1. The molecular formula is C10H12FNOS. The highest BCUT2D eigenvalue weighted by molar-refractivity contribution is 7.81. The van der Waals surface area contributed by atoms with Crippen molar-refractivity contribution in [3.05, 3.63) is 29.6 Å². The molecular weight excluding hydrogens is 201 g/mol. The molecule has 1 unspecified atom stereocenters. The Morgan fingerprint density at radius 2 is 2.21 bits per heavy atom. The fourth-order valence-corrected chi connectivity index (χ4v) is 1.03. The molecule has 0 spiro atoms. The lowest BCUT2D eigenvalue weighted by Crippen LogP contribution is -2.20. The van der Waals surface area contributed by atoms with E-state index in [0.717, 1.165) is 5.56 Å². The third-order valence-corrected chi connectivity index (χ3v) is 2.07. The Morgan fingerprint density at radius 3 is 2.79 bits per heavy atom. The lowest BCUT2D eigenvalue weighted by Gasteiger charge is -2.09. The normalized spacial score (nSPS) is 12.3. The minimum atomic E-state index is -0.405. The minimum absolute atomic E-state index is 0.234. The van der Waals surface area contributed by atoms with Crippen LogP contribution < -0.4 is 5.32 Å². The van der Waals surface area contributed by atoms with Crippen LogP contribution in [0.15, 0.2) is 18.2 Å². The van der Waals surface area contributed by atoms with E-state index in [4.69, 9.17) is 0 Å². The number of hydrogen-bond acceptors (Lipinski definition) is 2. The molecule has 0 aliphatic carbocycles. The van der Waals surface area contributed by atoms with Crippen LogP contribution in [0.2, 0.25) is 0 Å². The molecule has 1 aromatic carbocycles. The molecule has 1 atom stereocenters. The van der Waals surface area contributed by atoms with Crippen LogP contribution >= 0.6 is 12.6 Å². The van der Waals surface area contributed by atoms with Crippen molar-refractivity contribution >= 4 is 24.2 Å². The summed E-state index contributed by atoms with van der Waals surface area (Å²) in [5, 5.41) is 2.19. The predicted octanol–water partition coefficient (Wildman–Crippen LogP) is 2.39. The van der Waals surface area contributed by atoms with Crippen LogP contribution in [-0.4, -0.2) is 11.2 Å². The van der Waals surface area contributed by atoms with Crippen molar-refractivity contribution in [1.29, 1.82) is 0 Å². The van der Waals surface area contributed by atoms with Gasteiger partial charge in [-0.25, -0.2) is 4.39 Å². The summed E-state index contributed by atoms with van der Waals surface area (Å²) in [6.07, 6.45) is 0. The first kappa shape index (κ1) is 11.0. The van der Waals surface area contributed by atoms with Gasteiger partial charge in [0.05, 0.1) is 5.25 Å². The molecule has 2 nitrogen and oxygen atoms in total. The van der Waals surface area contributed by atoms with Crippen molar-refractivity contribution in [1.82, 2.24) is 0 Å². The van der Waals surface area contributed by atoms with Crippen LogP contribution in [0.5, 0.6) is 0 Å². The van der Waals surface area contributed by atoms with E-state index >= 15 is 0 Å². The average Bonchev–Trinajstić information content (AvgIpc) is 2.11. The van der Waals surface area contributed by atoms with Gasteiger partial charge in [-0.15, -0.1) is 0 Å². The predicted molar refractivity (Wildman–Crippen MR) is 58.2 cm³/mol. The van der Waals surface area contributed by atoms with Gasteiger partial charge in [0.1, 0.15) is 5.82 Å². The van der Waals surface area contributed by atoms with Crippen LogP contribution in [-0.2, 0) is 4.79 Å². The van der Waals surface area contributed by atoms with E-state index in [9.17, 15) is 9.18 Å². The Bertz CT molecular complexity index is 352. The van der Waals surface area contributed by atoms with Crippen LogP contribution in [0, 0.1) is 12.7 Å². The van der Waals surface area contributed by atoms with Gasteiger partial charge in [0, 0.05) is 5.69 Å². The number of carbonyl (C=O) groups is 1. The molecule has 1 rings (SSSR count). The molecule has 0 aliphatic heterocycles. The van der Waals surface area contributed by atoms with E-state index in [1.807, 2.05) is 0 Å². The summed E-state index contributed by atoms with van der Waals surface area (Å²) in [5.74, 6) is -0.597. The Balaban J connectivity index is 2.86. The van der Waals surface area contributed by atoms with Crippen LogP contribution in [0.1, 0.15) is 12.5 Å². The molecule has 0 radical (unpaired) electrons. The summed E-state index contributed by atoms with van der Waals surface area (Å²) in [4.78, 5) is 11.3. The Morgan fingerprint density at radius 1 is 1.57 bits per heavy atom. The van der Waals surface area contributed by atoms with Crippen molar-refractivity contribution in [3.8, 4) is 0 Å². The lowest BCUT2D eigenvalue weighted by molar-refractivity contribution is -0.115. The number of anilines is 1. The van der Waals surface area contributed by atoms with Crippen LogP contribution in [0.3, 0.4) is 0 Å². The molecule has 1 N–H and O–H groups in total. The van der Waals surface area contributed by atoms with Crippen molar-refractivity contribution in [2.24, 2.45) is 0 Å². The summed E-state index contributed by atoms with van der Waals surface area (Å²) < 4.78 is 12.8. The maximum absolute atomic E-state index is 12.8. The number of hydrogen-bond donors (Lipinski definition) is 2. The third kappa shape index (κ3) is 2.73. The number of thiol groups is 1. The molecule has 76 valence electrons. The smallest absolute Gasteiger partial charge is 0.236 e. The molecule has 0 bridgehead atoms. The Labute approximate surface area is 87.9 Å². The van der Waals surface area contributed by atoms with E-state index < -0.39 is 5.25 Å². The zero-order valence-corrected chi connectivity index (χ0v) is 8.94. The molecule has 0 fully saturated rings. The zero-order chi connectivity index (χ0) is 10.7. The van der Waals surface area contributed by atoms with Gasteiger partial charge in [-0.2, -0.15) is 12.6 Å². The maximum atomic E-state index is 12.8. The molecule has 1 aromatic rings. The third-order valence-electron chi connectivity index (χ3n) is 1.84. The number of benzene rings is 1. The first-order chi connectivity index (χ1) is 6.50. The minimum Gasteiger partial charge on any atom is -0.325 e. The van der Waals surface area contributed by atoms with Crippen LogP contribution in [0.4, 0.5) is 10.1 Å². The molecule has 0 aliphatic rings. The number of aryl methyl sites for hydroxylation is 1. The quantitative estimate of drug-likeness (QED) is 0.726. The Hall–Kier alpha value is -1.03. The average molecular weight is 213 g/mol. The molecule has 0 saturated carbocycles. The van der Waals surface area contributed by atoms with Gasteiger partial charge >= 0.3 is 0 Å². The molecule has 14 heavy (non-hydrogen) atoms. The van der Waals surface area contributed by atoms with Gasteiger partial charge in [0.25, 0.3) is 0 Å². The highest BCUT2D eigenvalue weighted by atomic mass is 32.1. The second-order valence-electron chi connectivity index (χ2n) is 3.12. The summed E-state index contributed by atoms with van der Waals surface area (Å²) in [5.41, 5.74) is 1.32. The summed E-state index contributed by atoms with van der Waals surface area (Å²) in [7, 11) is 0. The summed E-state index contributed by atoms with van der Waals surface area (Å²) >= 11 is 3.98. The molecule has 4 heteroatoms. The fourth-order valence-electron chi connectivity index (χ4n) is 0.966. The summed E-state index contributed by atoms with van der Waals surface area (Å²) in [6, 6.07) is 4.27. The first-order valence-corrected chi connectivity index (χ1v) is 4.77. The Kier molecular flexibility index (Phi) is 3.52. The SMILES string of the molecule is Cc1ccc(F)cc1NC(=O)C(C)S. The summed E-state index contributed by atoms with van der Waals surface area (Å²) in [6.45, 7) is 3.46. The van der Waals surface area contributed by atoms with Gasteiger partial charge in [-0.05, 0) is 31.5 Å². The van der Waals surface area contributed by atoms with Crippen molar-refractivity contribution in [2.75, 3.05) is 5.32 Å². The van der Waals surface area contributed by atoms with Gasteiger partial charge in [-0.3, -0.25) is 4.79 Å². The van der Waals surface area contributed by atoms with Gasteiger partial charge in [0.2, 0.25) is 5.91 Å². The molecule has 1 amide bonds. The maximum Gasteiger partial charge on any atom is 0.236 e. The van der Waals surface area contributed by atoms with Crippen LogP contribution in [0.25, 0.3) is 0 Å². The zero-order valence-electron chi connectivity index (χ0n) is 8.04. The van der Waals surface area contributed by atoms with E-state index in [1.54, 1.807) is 19.9 Å². The highest BCUT2D eigenvalue weighted by Crippen LogP contribution is 2.16. The van der Waals surface area contributed by atoms with Crippen molar-refractivity contribution in [2.45, 2.75) is 19.1 Å². The van der Waals surface area contributed by atoms with E-state index in [0.29, 0.717) is 5.69 Å². The van der Waals surface area contributed by atoms with Gasteiger partial charge in [-0.1, -0.05) is 6.07 Å². The first-order valence-electron chi connectivity index (χ1n) is 4.26. The van der Waals surface area contributed by atoms with Crippen molar-refractivity contribution < 1.29 is 9.18 Å². The number of carbonyl (C=O) groups excluding carboxylic acids is 1. The van der Waals surface area contributed by atoms with Gasteiger partial charge in [0.15, 0.2) is 0 Å². The second kappa shape index (κ2) is 4.46. The van der Waals surface area contributed by atoms with E-state index in [1.165, 1.54) is 12.1 Å². The topological polar surface area (TPSA) is 29.1 Å². The van der Waals surface area contributed by atoms with Crippen molar-refractivity contribution in [3.63, 3.8) is 0 Å². The molecule has 0 heterocycles. The standard InChI is InChI=1S/C10H12FNOS/c1-6-3-4-8(11)5-9(6)12-10(13)7(2)14/h3-5,7,14H,1-2H3,(H,12,13). The second-order valence-corrected chi connectivity index (χ2v) is 3.90. The fraction of sp³-hybridized carbons (Fsp3) is 0.300. The number of rotatable bonds is 2. The number of nitrogens with one attached hydrogen (secondary N) is 1. The lowest BCUT2D eigenvalue weighted by atomic mass is 10.2. The van der Waals surface area contributed by atoms with Gasteiger partial charge < -0.3 is 5.32 Å². The monoisotopic (exact) mass is 213 g/mol.